The number of sulfone groups is 1. The third kappa shape index (κ3) is 5.21. The number of aromatic nitrogens is 2. The molecular weight excluding hydrogens is 468 g/mol. The Morgan fingerprint density at radius 1 is 1.18 bits per heavy atom. The Labute approximate surface area is 205 Å². The first kappa shape index (κ1) is 24.5. The first-order valence-corrected chi connectivity index (χ1v) is 14.0. The third-order valence-electron chi connectivity index (χ3n) is 6.14. The molecule has 9 heteroatoms. The van der Waals surface area contributed by atoms with E-state index < -0.39 is 9.84 Å². The second-order valence-corrected chi connectivity index (χ2v) is 12.4. The zero-order valence-electron chi connectivity index (χ0n) is 20.1. The van der Waals surface area contributed by atoms with E-state index in [1.54, 1.807) is 12.1 Å². The summed E-state index contributed by atoms with van der Waals surface area (Å²) in [5.74, 6) is 0.183. The molecule has 0 bridgehead atoms. The van der Waals surface area contributed by atoms with Gasteiger partial charge in [-0.25, -0.2) is 13.4 Å². The predicted molar refractivity (Wildman–Crippen MR) is 135 cm³/mol. The Morgan fingerprint density at radius 3 is 2.47 bits per heavy atom. The van der Waals surface area contributed by atoms with Gasteiger partial charge in [-0.2, -0.15) is 0 Å². The van der Waals surface area contributed by atoms with Crippen molar-refractivity contribution in [2.75, 3.05) is 11.6 Å². The Hall–Kier alpha value is -2.62. The van der Waals surface area contributed by atoms with Crippen LogP contribution in [0.25, 0.3) is 0 Å². The quantitative estimate of drug-likeness (QED) is 0.507. The summed E-state index contributed by atoms with van der Waals surface area (Å²) in [7, 11) is -3.25. The summed E-state index contributed by atoms with van der Waals surface area (Å²) in [4.78, 5) is 25.9. The molecule has 1 aliphatic rings. The monoisotopic (exact) mass is 498 g/mol. The maximum Gasteiger partial charge on any atom is 0.230 e. The molecule has 1 N–H and O–H groups in total. The van der Waals surface area contributed by atoms with E-state index in [1.807, 2.05) is 13.1 Å². The van der Waals surface area contributed by atoms with Gasteiger partial charge in [-0.1, -0.05) is 32.0 Å². The van der Waals surface area contributed by atoms with Crippen molar-refractivity contribution in [2.45, 2.75) is 57.6 Å². The van der Waals surface area contributed by atoms with Crippen LogP contribution in [0.15, 0.2) is 47.5 Å². The number of rotatable bonds is 7. The summed E-state index contributed by atoms with van der Waals surface area (Å²) in [5, 5.41) is 3.53. The van der Waals surface area contributed by atoms with Crippen LogP contribution in [0.4, 0.5) is 5.13 Å². The van der Waals surface area contributed by atoms with Crippen molar-refractivity contribution in [3.8, 4) is 0 Å². The minimum atomic E-state index is -3.25. The van der Waals surface area contributed by atoms with Crippen LogP contribution in [0.1, 0.15) is 60.2 Å². The van der Waals surface area contributed by atoms with E-state index in [2.05, 4.69) is 48.1 Å². The van der Waals surface area contributed by atoms with E-state index in [-0.39, 0.29) is 29.3 Å². The minimum Gasteiger partial charge on any atom is -0.302 e. The summed E-state index contributed by atoms with van der Waals surface area (Å²) in [6.07, 6.45) is 3.23. The number of hydrogen-bond acceptors (Lipinski definition) is 7. The second kappa shape index (κ2) is 9.56. The van der Waals surface area contributed by atoms with Gasteiger partial charge in [0.05, 0.1) is 34.8 Å². The molecule has 0 saturated heterocycles. The van der Waals surface area contributed by atoms with Crippen molar-refractivity contribution in [1.82, 2.24) is 14.9 Å². The highest BCUT2D eigenvalue weighted by atomic mass is 32.2. The zero-order chi connectivity index (χ0) is 24.6. The Morgan fingerprint density at radius 2 is 1.88 bits per heavy atom. The molecule has 180 valence electrons. The van der Waals surface area contributed by atoms with Crippen molar-refractivity contribution < 1.29 is 13.2 Å². The van der Waals surface area contributed by atoms with E-state index in [0.717, 1.165) is 29.1 Å². The fourth-order valence-corrected chi connectivity index (χ4v) is 6.02. The molecule has 34 heavy (non-hydrogen) atoms. The number of aryl methyl sites for hydroxylation is 1. The predicted octanol–water partition coefficient (Wildman–Crippen LogP) is 4.71. The van der Waals surface area contributed by atoms with E-state index in [0.29, 0.717) is 11.0 Å². The normalized spacial score (nSPS) is 17.1. The van der Waals surface area contributed by atoms with Crippen LogP contribution in [-0.4, -0.2) is 35.4 Å². The highest BCUT2D eigenvalue weighted by molar-refractivity contribution is 7.90. The fourth-order valence-electron chi connectivity index (χ4n) is 4.36. The highest BCUT2D eigenvalue weighted by Gasteiger charge is 2.39. The van der Waals surface area contributed by atoms with Crippen LogP contribution >= 0.6 is 11.3 Å². The number of nitrogens with one attached hydrogen (secondary N) is 1. The van der Waals surface area contributed by atoms with Gasteiger partial charge in [0.1, 0.15) is 0 Å². The molecule has 4 rings (SSSR count). The maximum absolute atomic E-state index is 12.6. The number of carbonyl (C=O) groups excluding carboxylic acids is 1. The lowest BCUT2D eigenvalue weighted by Gasteiger charge is -2.32. The van der Waals surface area contributed by atoms with E-state index in [4.69, 9.17) is 4.98 Å². The topological polar surface area (TPSA) is 92.3 Å². The molecule has 1 aliphatic heterocycles. The summed E-state index contributed by atoms with van der Waals surface area (Å²) in [6, 6.07) is 10.9. The molecule has 0 radical (unpaired) electrons. The lowest BCUT2D eigenvalue weighted by atomic mass is 10.00. The van der Waals surface area contributed by atoms with Crippen molar-refractivity contribution in [2.24, 2.45) is 5.92 Å². The molecule has 3 aromatic rings. The Bertz CT molecular complexity index is 1280. The number of nitrogens with zero attached hydrogens (tertiary/aromatic N) is 3. The van der Waals surface area contributed by atoms with Gasteiger partial charge in [-0.15, -0.1) is 11.3 Å². The van der Waals surface area contributed by atoms with E-state index >= 15 is 0 Å². The molecule has 0 spiro atoms. The first-order valence-electron chi connectivity index (χ1n) is 11.3. The smallest absolute Gasteiger partial charge is 0.230 e. The molecule has 2 aromatic heterocycles. The van der Waals surface area contributed by atoms with Crippen LogP contribution in [0.2, 0.25) is 0 Å². The lowest BCUT2D eigenvalue weighted by Crippen LogP contribution is -2.29. The van der Waals surface area contributed by atoms with Crippen LogP contribution in [0.3, 0.4) is 0 Å². The Kier molecular flexibility index (Phi) is 6.89. The van der Waals surface area contributed by atoms with Gasteiger partial charge < -0.3 is 5.32 Å². The van der Waals surface area contributed by atoms with Crippen LogP contribution in [0, 0.1) is 12.8 Å². The minimum absolute atomic E-state index is 0.151. The number of benzene rings is 1. The lowest BCUT2D eigenvalue weighted by molar-refractivity contribution is -0.115. The second-order valence-electron chi connectivity index (χ2n) is 9.27. The number of pyridine rings is 1. The first-order chi connectivity index (χ1) is 16.0. The van der Waals surface area contributed by atoms with Gasteiger partial charge in [0, 0.05) is 23.9 Å². The van der Waals surface area contributed by atoms with Gasteiger partial charge in [0.25, 0.3) is 0 Å². The van der Waals surface area contributed by atoms with Gasteiger partial charge in [0.2, 0.25) is 5.91 Å². The van der Waals surface area contributed by atoms with E-state index in [9.17, 15) is 13.2 Å². The molecule has 7 nitrogen and oxygen atoms in total. The number of carbonyl (C=O) groups is 1. The molecule has 3 heterocycles. The largest absolute Gasteiger partial charge is 0.302 e. The van der Waals surface area contributed by atoms with Gasteiger partial charge in [-0.05, 0) is 49.1 Å². The van der Waals surface area contributed by atoms with Crippen molar-refractivity contribution in [3.05, 3.63) is 70.0 Å². The highest BCUT2D eigenvalue weighted by Crippen LogP contribution is 2.46. The summed E-state index contributed by atoms with van der Waals surface area (Å²) < 4.78 is 23.2. The molecule has 2 atom stereocenters. The van der Waals surface area contributed by atoms with Crippen molar-refractivity contribution in [3.63, 3.8) is 0 Å². The molecule has 1 amide bonds. The van der Waals surface area contributed by atoms with E-state index in [1.165, 1.54) is 34.6 Å². The molecule has 0 fully saturated rings. The van der Waals surface area contributed by atoms with Crippen LogP contribution in [0.5, 0.6) is 0 Å². The molecule has 0 aliphatic carbocycles. The SMILES string of the molecule is Cc1ccc([C@H](C)N2Cc3sc(NC(=O)Cc4ccc(S(C)(=O)=O)cc4)nc3[C@@H]2C(C)C)nc1. The number of anilines is 1. The number of fused-ring (bicyclic) bond motifs is 1. The maximum atomic E-state index is 12.6. The van der Waals surface area contributed by atoms with Crippen LogP contribution < -0.4 is 5.32 Å². The third-order valence-corrected chi connectivity index (χ3v) is 8.24. The average molecular weight is 499 g/mol. The van der Waals surface area contributed by atoms with Gasteiger partial charge >= 0.3 is 0 Å². The summed E-state index contributed by atoms with van der Waals surface area (Å²) >= 11 is 1.52. The molecule has 1 aromatic carbocycles. The molecule has 0 unspecified atom stereocenters. The van der Waals surface area contributed by atoms with Gasteiger partial charge in [-0.3, -0.25) is 14.7 Å². The van der Waals surface area contributed by atoms with Crippen molar-refractivity contribution >= 4 is 32.2 Å². The number of amides is 1. The van der Waals surface area contributed by atoms with Crippen molar-refractivity contribution in [1.29, 1.82) is 0 Å². The Balaban J connectivity index is 1.45. The zero-order valence-corrected chi connectivity index (χ0v) is 21.7. The summed E-state index contributed by atoms with van der Waals surface area (Å²) in [6.45, 7) is 9.38. The van der Waals surface area contributed by atoms with Gasteiger partial charge in [0.15, 0.2) is 15.0 Å². The number of hydrogen-bond donors (Lipinski definition) is 1. The average Bonchev–Trinajstić information content (AvgIpc) is 3.30. The molecule has 0 saturated carbocycles. The summed E-state index contributed by atoms with van der Waals surface area (Å²) in [5.41, 5.74) is 3.97. The van der Waals surface area contributed by atoms with Crippen LogP contribution in [-0.2, 0) is 27.6 Å². The number of thiazole rings is 1. The molecular formula is C25H30N4O3S2. The fraction of sp³-hybridized carbons (Fsp3) is 0.400. The standard InChI is InChI=1S/C25H30N4O3S2/c1-15(2)24-23-21(14-29(24)17(4)20-11-6-16(3)13-26-20)33-25(28-23)27-22(30)12-18-7-9-19(10-8-18)34(5,31)32/h6-11,13,15,17,24H,12,14H2,1-5H3,(H,27,28,30)/t17-,24-/m0/s1.